The molecule has 0 unspecified atom stereocenters. The second kappa shape index (κ2) is 9.91. The molecule has 2 rings (SSSR count). The Bertz CT molecular complexity index is 899. The fourth-order valence-corrected chi connectivity index (χ4v) is 2.50. The maximum absolute atomic E-state index is 12.2. The van der Waals surface area contributed by atoms with Crippen molar-refractivity contribution in [3.05, 3.63) is 54.1 Å². The molecule has 0 aliphatic rings. The van der Waals surface area contributed by atoms with Gasteiger partial charge >= 0.3 is 0 Å². The lowest BCUT2D eigenvalue weighted by Gasteiger charge is -2.20. The maximum Gasteiger partial charge on any atom is 0.251 e. The first-order valence-corrected chi connectivity index (χ1v) is 9.91. The summed E-state index contributed by atoms with van der Waals surface area (Å²) in [7, 11) is 0. The molecular weight excluding hydrogens is 380 g/mol. The molecule has 0 radical (unpaired) electrons. The molecule has 7 heteroatoms. The van der Waals surface area contributed by atoms with Crippen LogP contribution in [0.25, 0.3) is 0 Å². The van der Waals surface area contributed by atoms with Crippen LogP contribution in [0.1, 0.15) is 45.0 Å². The highest BCUT2D eigenvalue weighted by Gasteiger charge is 2.15. The van der Waals surface area contributed by atoms with Gasteiger partial charge in [0.2, 0.25) is 11.8 Å². The molecule has 4 N–H and O–H groups in total. The van der Waals surface area contributed by atoms with Crippen LogP contribution < -0.4 is 21.3 Å². The van der Waals surface area contributed by atoms with Gasteiger partial charge in [0.25, 0.3) is 5.91 Å². The first kappa shape index (κ1) is 22.9. The number of carbonyl (C=O) groups excluding carboxylic acids is 3. The third-order valence-electron chi connectivity index (χ3n) is 4.03. The number of carbonyl (C=O) groups is 3. The van der Waals surface area contributed by atoms with Crippen molar-refractivity contribution in [2.45, 2.75) is 40.2 Å². The van der Waals surface area contributed by atoms with E-state index in [1.165, 1.54) is 0 Å². The van der Waals surface area contributed by atoms with Gasteiger partial charge < -0.3 is 21.3 Å². The normalized spacial score (nSPS) is 11.0. The van der Waals surface area contributed by atoms with Crippen LogP contribution in [-0.2, 0) is 9.59 Å². The van der Waals surface area contributed by atoms with Crippen molar-refractivity contribution in [1.29, 1.82) is 0 Å². The Hall–Kier alpha value is -3.35. The van der Waals surface area contributed by atoms with Gasteiger partial charge in [-0.25, -0.2) is 0 Å². The zero-order valence-electron chi connectivity index (χ0n) is 18.1. The Labute approximate surface area is 177 Å². The summed E-state index contributed by atoms with van der Waals surface area (Å²) in [4.78, 5) is 36.2. The van der Waals surface area contributed by atoms with E-state index < -0.39 is 0 Å². The van der Waals surface area contributed by atoms with Crippen molar-refractivity contribution in [1.82, 2.24) is 5.32 Å². The van der Waals surface area contributed by atoms with E-state index in [-0.39, 0.29) is 35.7 Å². The third-order valence-corrected chi connectivity index (χ3v) is 4.03. The van der Waals surface area contributed by atoms with Crippen molar-refractivity contribution in [2.75, 3.05) is 22.5 Å². The van der Waals surface area contributed by atoms with Crippen LogP contribution in [0.5, 0.6) is 0 Å². The summed E-state index contributed by atoms with van der Waals surface area (Å²) in [5.74, 6) is -0.578. The molecule has 0 saturated carbocycles. The lowest BCUT2D eigenvalue weighted by Crippen LogP contribution is -2.40. The van der Waals surface area contributed by atoms with Crippen molar-refractivity contribution in [3.8, 4) is 0 Å². The fraction of sp³-hybridized carbons (Fsp3) is 0.348. The number of amides is 3. The zero-order valence-corrected chi connectivity index (χ0v) is 18.1. The van der Waals surface area contributed by atoms with E-state index in [9.17, 15) is 14.4 Å². The number of rotatable bonds is 7. The van der Waals surface area contributed by atoms with Crippen LogP contribution in [0.15, 0.2) is 48.5 Å². The molecule has 0 saturated heterocycles. The van der Waals surface area contributed by atoms with Crippen molar-refractivity contribution < 1.29 is 14.4 Å². The largest absolute Gasteiger partial charge is 0.376 e. The zero-order chi connectivity index (χ0) is 22.3. The molecule has 0 aliphatic heterocycles. The first-order valence-electron chi connectivity index (χ1n) is 9.91. The molecule has 3 amide bonds. The molecule has 0 atom stereocenters. The Kier molecular flexibility index (Phi) is 7.58. The lowest BCUT2D eigenvalue weighted by atomic mass is 10.1. The molecule has 0 heterocycles. The van der Waals surface area contributed by atoms with Gasteiger partial charge in [0, 0.05) is 34.1 Å². The smallest absolute Gasteiger partial charge is 0.251 e. The monoisotopic (exact) mass is 410 g/mol. The number of anilines is 3. The summed E-state index contributed by atoms with van der Waals surface area (Å²) >= 11 is 0. The molecule has 0 aromatic heterocycles. The van der Waals surface area contributed by atoms with E-state index in [0.29, 0.717) is 16.9 Å². The summed E-state index contributed by atoms with van der Waals surface area (Å²) in [6, 6.07) is 13.9. The van der Waals surface area contributed by atoms with E-state index in [2.05, 4.69) is 21.3 Å². The van der Waals surface area contributed by atoms with Crippen molar-refractivity contribution in [2.24, 2.45) is 5.92 Å². The average molecular weight is 411 g/mol. The average Bonchev–Trinajstić information content (AvgIpc) is 2.65. The summed E-state index contributed by atoms with van der Waals surface area (Å²) in [6.07, 6.45) is 0. The molecule has 30 heavy (non-hydrogen) atoms. The summed E-state index contributed by atoms with van der Waals surface area (Å²) in [6.45, 7) is 9.47. The van der Waals surface area contributed by atoms with Crippen LogP contribution in [-0.4, -0.2) is 29.8 Å². The number of nitrogens with one attached hydrogen (secondary N) is 4. The predicted molar refractivity (Wildman–Crippen MR) is 121 cm³/mol. The van der Waals surface area contributed by atoms with Gasteiger partial charge in [-0.1, -0.05) is 19.9 Å². The molecule has 2 aromatic carbocycles. The van der Waals surface area contributed by atoms with Crippen LogP contribution in [0.3, 0.4) is 0 Å². The molecule has 0 aliphatic carbocycles. The van der Waals surface area contributed by atoms with E-state index in [4.69, 9.17) is 0 Å². The van der Waals surface area contributed by atoms with Gasteiger partial charge in [-0.2, -0.15) is 0 Å². The van der Waals surface area contributed by atoms with Crippen LogP contribution in [0, 0.1) is 5.92 Å². The number of hydrogen-bond donors (Lipinski definition) is 4. The Morgan fingerprint density at radius 1 is 0.867 bits per heavy atom. The maximum atomic E-state index is 12.2. The minimum atomic E-state index is -0.305. The predicted octanol–water partition coefficient (Wildman–Crippen LogP) is 3.86. The lowest BCUT2D eigenvalue weighted by molar-refractivity contribution is -0.119. The highest BCUT2D eigenvalue weighted by Crippen LogP contribution is 2.16. The Morgan fingerprint density at radius 3 is 2.03 bits per heavy atom. The van der Waals surface area contributed by atoms with Crippen molar-refractivity contribution >= 4 is 34.8 Å². The molecular formula is C23H30N4O3. The second-order valence-corrected chi connectivity index (χ2v) is 8.41. The molecule has 2 aromatic rings. The van der Waals surface area contributed by atoms with E-state index in [1.54, 1.807) is 48.5 Å². The van der Waals surface area contributed by atoms with Gasteiger partial charge in [0.05, 0.1) is 6.54 Å². The number of hydrogen-bond acceptors (Lipinski definition) is 4. The fourth-order valence-electron chi connectivity index (χ4n) is 2.50. The minimum absolute atomic E-state index is 0.0656. The summed E-state index contributed by atoms with van der Waals surface area (Å²) in [5.41, 5.74) is 2.21. The minimum Gasteiger partial charge on any atom is -0.376 e. The van der Waals surface area contributed by atoms with E-state index in [0.717, 1.165) is 5.69 Å². The highest BCUT2D eigenvalue weighted by atomic mass is 16.2. The SMILES string of the molecule is CC(C)C(=O)Nc1cccc(NC(=O)CNc2ccc(C(=O)NC(C)(C)C)cc2)c1. The van der Waals surface area contributed by atoms with Crippen LogP contribution in [0.2, 0.25) is 0 Å². The van der Waals surface area contributed by atoms with Gasteiger partial charge in [-0.15, -0.1) is 0 Å². The third kappa shape index (κ3) is 7.58. The van der Waals surface area contributed by atoms with E-state index in [1.807, 2.05) is 34.6 Å². The van der Waals surface area contributed by atoms with Crippen LogP contribution >= 0.6 is 0 Å². The quantitative estimate of drug-likeness (QED) is 0.557. The van der Waals surface area contributed by atoms with Gasteiger partial charge in [-0.05, 0) is 63.2 Å². The molecule has 160 valence electrons. The molecule has 0 bridgehead atoms. The van der Waals surface area contributed by atoms with E-state index >= 15 is 0 Å². The molecule has 0 spiro atoms. The van der Waals surface area contributed by atoms with Gasteiger partial charge in [0.1, 0.15) is 0 Å². The first-order chi connectivity index (χ1) is 14.0. The standard InChI is InChI=1S/C23H30N4O3/c1-15(2)21(29)26-19-8-6-7-18(13-19)25-20(28)14-24-17-11-9-16(10-12-17)22(30)27-23(3,4)5/h6-13,15,24H,14H2,1-5H3,(H,25,28)(H,26,29)(H,27,30). The topological polar surface area (TPSA) is 99.3 Å². The Morgan fingerprint density at radius 2 is 1.47 bits per heavy atom. The number of benzene rings is 2. The highest BCUT2D eigenvalue weighted by molar-refractivity contribution is 5.97. The Balaban J connectivity index is 1.87. The van der Waals surface area contributed by atoms with Crippen LogP contribution in [0.4, 0.5) is 17.1 Å². The summed E-state index contributed by atoms with van der Waals surface area (Å²) in [5, 5.41) is 11.5. The summed E-state index contributed by atoms with van der Waals surface area (Å²) < 4.78 is 0. The van der Waals surface area contributed by atoms with Gasteiger partial charge in [-0.3, -0.25) is 14.4 Å². The van der Waals surface area contributed by atoms with Gasteiger partial charge in [0.15, 0.2) is 0 Å². The molecule has 7 nitrogen and oxygen atoms in total. The second-order valence-electron chi connectivity index (χ2n) is 8.41. The molecule has 0 fully saturated rings. The van der Waals surface area contributed by atoms with Crippen molar-refractivity contribution in [3.63, 3.8) is 0 Å².